The number of nitrogens with zero attached hydrogens (tertiary/aromatic N) is 4. The number of anilines is 2. The summed E-state index contributed by atoms with van der Waals surface area (Å²) < 4.78 is 31.3. The lowest BCUT2D eigenvalue weighted by atomic mass is 10.2. The molecule has 1 aliphatic heterocycles. The first-order valence-electron chi connectivity index (χ1n) is 12.0. The highest BCUT2D eigenvalue weighted by atomic mass is 19.1. The molecule has 186 valence electrons. The van der Waals surface area contributed by atoms with Crippen LogP contribution in [0.5, 0.6) is 11.5 Å². The molecule has 0 spiro atoms. The van der Waals surface area contributed by atoms with E-state index in [0.29, 0.717) is 41.4 Å². The smallest absolute Gasteiger partial charge is 0.311 e. The second-order valence-corrected chi connectivity index (χ2v) is 8.44. The second kappa shape index (κ2) is 11.7. The molecule has 9 heteroatoms. The zero-order valence-corrected chi connectivity index (χ0v) is 19.9. The second-order valence-electron chi connectivity index (χ2n) is 8.44. The number of rotatable bonds is 10. The number of benzene rings is 2. The lowest BCUT2D eigenvalue weighted by molar-refractivity contribution is 0.0358. The van der Waals surface area contributed by atoms with Gasteiger partial charge in [-0.25, -0.2) is 4.98 Å². The van der Waals surface area contributed by atoms with Crippen molar-refractivity contribution in [2.24, 2.45) is 0 Å². The molecule has 0 radical (unpaired) electrons. The SMILES string of the molecule is Fc1nc(Nc2ccc(OCc3ccccn3)cc2)c2cc(OCCCN3CCOCC3)ccc2n1. The lowest BCUT2D eigenvalue weighted by Crippen LogP contribution is -2.37. The van der Waals surface area contributed by atoms with Crippen LogP contribution in [0.2, 0.25) is 0 Å². The number of ether oxygens (including phenoxy) is 3. The van der Waals surface area contributed by atoms with E-state index in [9.17, 15) is 4.39 Å². The minimum atomic E-state index is -0.792. The van der Waals surface area contributed by atoms with Crippen LogP contribution in [0.1, 0.15) is 12.1 Å². The summed E-state index contributed by atoms with van der Waals surface area (Å²) in [6.45, 7) is 5.45. The molecule has 36 heavy (non-hydrogen) atoms. The fourth-order valence-electron chi connectivity index (χ4n) is 3.98. The van der Waals surface area contributed by atoms with Crippen LogP contribution in [-0.4, -0.2) is 59.3 Å². The summed E-state index contributed by atoms with van der Waals surface area (Å²) >= 11 is 0. The van der Waals surface area contributed by atoms with Crippen LogP contribution >= 0.6 is 0 Å². The van der Waals surface area contributed by atoms with Crippen LogP contribution in [0.15, 0.2) is 66.9 Å². The van der Waals surface area contributed by atoms with Crippen molar-refractivity contribution in [1.29, 1.82) is 0 Å². The van der Waals surface area contributed by atoms with Gasteiger partial charge in [-0.1, -0.05) is 6.07 Å². The van der Waals surface area contributed by atoms with E-state index in [1.807, 2.05) is 48.5 Å². The summed E-state index contributed by atoms with van der Waals surface area (Å²) in [7, 11) is 0. The Hall–Kier alpha value is -3.82. The van der Waals surface area contributed by atoms with E-state index < -0.39 is 6.08 Å². The van der Waals surface area contributed by atoms with Crippen molar-refractivity contribution in [2.45, 2.75) is 13.0 Å². The first-order chi connectivity index (χ1) is 17.7. The summed E-state index contributed by atoms with van der Waals surface area (Å²) in [6.07, 6.45) is 1.86. The zero-order valence-electron chi connectivity index (χ0n) is 19.9. The van der Waals surface area contributed by atoms with E-state index in [1.165, 1.54) is 0 Å². The molecule has 1 saturated heterocycles. The Morgan fingerprint density at radius 2 is 1.78 bits per heavy atom. The van der Waals surface area contributed by atoms with Gasteiger partial charge in [0.05, 0.1) is 31.0 Å². The van der Waals surface area contributed by atoms with Crippen LogP contribution in [0.3, 0.4) is 0 Å². The molecule has 3 heterocycles. The molecule has 1 aliphatic rings. The largest absolute Gasteiger partial charge is 0.494 e. The zero-order chi connectivity index (χ0) is 24.6. The number of fused-ring (bicyclic) bond motifs is 1. The third-order valence-electron chi connectivity index (χ3n) is 5.86. The van der Waals surface area contributed by atoms with Gasteiger partial charge in [0.15, 0.2) is 0 Å². The molecule has 0 saturated carbocycles. The molecule has 2 aromatic heterocycles. The number of aromatic nitrogens is 3. The van der Waals surface area contributed by atoms with E-state index >= 15 is 0 Å². The molecule has 0 atom stereocenters. The Balaban J connectivity index is 1.22. The molecule has 5 rings (SSSR count). The lowest BCUT2D eigenvalue weighted by Gasteiger charge is -2.26. The van der Waals surface area contributed by atoms with E-state index in [-0.39, 0.29) is 0 Å². The number of pyridine rings is 1. The van der Waals surface area contributed by atoms with Crippen molar-refractivity contribution in [3.63, 3.8) is 0 Å². The first-order valence-corrected chi connectivity index (χ1v) is 12.0. The van der Waals surface area contributed by atoms with Crippen LogP contribution in [0.25, 0.3) is 10.9 Å². The van der Waals surface area contributed by atoms with Gasteiger partial charge in [0.1, 0.15) is 23.9 Å². The summed E-state index contributed by atoms with van der Waals surface area (Å²) in [5.74, 6) is 1.78. The van der Waals surface area contributed by atoms with Gasteiger partial charge >= 0.3 is 6.08 Å². The number of halogens is 1. The molecule has 0 aliphatic carbocycles. The highest BCUT2D eigenvalue weighted by molar-refractivity contribution is 5.91. The molecule has 4 aromatic rings. The van der Waals surface area contributed by atoms with E-state index in [1.54, 1.807) is 18.3 Å². The highest BCUT2D eigenvalue weighted by Gasteiger charge is 2.12. The van der Waals surface area contributed by atoms with Crippen molar-refractivity contribution in [2.75, 3.05) is 44.8 Å². The van der Waals surface area contributed by atoms with Gasteiger partial charge in [-0.15, -0.1) is 0 Å². The minimum absolute atomic E-state index is 0.374. The predicted molar refractivity (Wildman–Crippen MR) is 135 cm³/mol. The van der Waals surface area contributed by atoms with Crippen molar-refractivity contribution in [3.05, 3.63) is 78.6 Å². The Morgan fingerprint density at radius 1 is 0.944 bits per heavy atom. The fraction of sp³-hybridized carbons (Fsp3) is 0.296. The number of nitrogens with one attached hydrogen (secondary N) is 1. The molecule has 1 fully saturated rings. The third-order valence-corrected chi connectivity index (χ3v) is 5.86. The molecule has 8 nitrogen and oxygen atoms in total. The molecule has 0 bridgehead atoms. The molecule has 0 amide bonds. The van der Waals surface area contributed by atoms with Gasteiger partial charge in [-0.05, 0) is 61.0 Å². The Labute approximate surface area is 209 Å². The van der Waals surface area contributed by atoms with Gasteiger partial charge in [-0.2, -0.15) is 9.37 Å². The molecular weight excluding hydrogens is 461 g/mol. The maximum absolute atomic E-state index is 14.1. The summed E-state index contributed by atoms with van der Waals surface area (Å²) in [5.41, 5.74) is 2.10. The predicted octanol–water partition coefficient (Wildman–Crippen LogP) is 4.59. The Bertz CT molecular complexity index is 1270. The van der Waals surface area contributed by atoms with E-state index in [0.717, 1.165) is 50.7 Å². The number of morpholine rings is 1. The first kappa shape index (κ1) is 23.9. The van der Waals surface area contributed by atoms with E-state index in [4.69, 9.17) is 14.2 Å². The Morgan fingerprint density at radius 3 is 2.58 bits per heavy atom. The quantitative estimate of drug-likeness (QED) is 0.256. The standard InChI is InChI=1S/C27H28FN5O3/c28-27-31-25-10-9-23(35-15-3-12-33-13-16-34-17-14-33)18-24(25)26(32-27)30-20-5-7-22(8-6-20)36-19-21-4-1-2-11-29-21/h1-2,4-11,18H,3,12-17,19H2,(H,30,31,32). The van der Waals surface area contributed by atoms with Crippen LogP contribution in [-0.2, 0) is 11.3 Å². The van der Waals surface area contributed by atoms with Gasteiger partial charge < -0.3 is 19.5 Å². The highest BCUT2D eigenvalue weighted by Crippen LogP contribution is 2.28. The summed E-state index contributed by atoms with van der Waals surface area (Å²) in [6, 6.07) is 18.5. The fourth-order valence-corrected chi connectivity index (χ4v) is 3.98. The summed E-state index contributed by atoms with van der Waals surface area (Å²) in [4.78, 5) is 14.5. The monoisotopic (exact) mass is 489 g/mol. The van der Waals surface area contributed by atoms with Crippen LogP contribution in [0.4, 0.5) is 15.9 Å². The molecule has 0 unspecified atom stereocenters. The van der Waals surface area contributed by atoms with Gasteiger partial charge in [0.2, 0.25) is 0 Å². The third kappa shape index (κ3) is 6.44. The van der Waals surface area contributed by atoms with E-state index in [2.05, 4.69) is 25.2 Å². The average Bonchev–Trinajstić information content (AvgIpc) is 2.92. The van der Waals surface area contributed by atoms with Crippen molar-refractivity contribution >= 4 is 22.4 Å². The number of hydrogen-bond acceptors (Lipinski definition) is 8. The van der Waals surface area contributed by atoms with Crippen LogP contribution < -0.4 is 14.8 Å². The maximum Gasteiger partial charge on any atom is 0.311 e. The topological polar surface area (TPSA) is 81.6 Å². The van der Waals surface area contributed by atoms with Gasteiger partial charge in [-0.3, -0.25) is 9.88 Å². The molecule has 1 N–H and O–H groups in total. The van der Waals surface area contributed by atoms with Crippen molar-refractivity contribution in [3.8, 4) is 11.5 Å². The summed E-state index contributed by atoms with van der Waals surface area (Å²) in [5, 5.41) is 3.87. The van der Waals surface area contributed by atoms with Gasteiger partial charge in [0.25, 0.3) is 0 Å². The maximum atomic E-state index is 14.1. The minimum Gasteiger partial charge on any atom is -0.494 e. The molecule has 2 aromatic carbocycles. The Kier molecular flexibility index (Phi) is 7.80. The van der Waals surface area contributed by atoms with Crippen molar-refractivity contribution in [1.82, 2.24) is 19.9 Å². The molecular formula is C27H28FN5O3. The average molecular weight is 490 g/mol. The normalized spacial score (nSPS) is 14.0. The van der Waals surface area contributed by atoms with Gasteiger partial charge in [0, 0.05) is 36.9 Å². The van der Waals surface area contributed by atoms with Crippen molar-refractivity contribution < 1.29 is 18.6 Å². The van der Waals surface area contributed by atoms with Crippen LogP contribution in [0, 0.1) is 6.08 Å². The number of hydrogen-bond donors (Lipinski definition) is 1.